The van der Waals surface area contributed by atoms with Crippen LogP contribution in [-0.2, 0) is 45.2 Å². The number of rotatable bonds is 25. The third-order valence-electron chi connectivity index (χ3n) is 16.9. The molecule has 2 saturated heterocycles. The quantitative estimate of drug-likeness (QED) is 0.0392. The lowest BCUT2D eigenvalue weighted by molar-refractivity contribution is -0.138. The second kappa shape index (κ2) is 29.6. The van der Waals surface area contributed by atoms with Crippen molar-refractivity contribution in [3.8, 4) is 40.0 Å². The first-order chi connectivity index (χ1) is 41.9. The van der Waals surface area contributed by atoms with E-state index >= 15 is 0 Å². The monoisotopic (exact) mass is 1210 g/mol. The molecule has 4 aromatic heterocycles. The molecule has 2 aliphatic carbocycles. The number of nitriles is 1. The molecule has 2 saturated carbocycles. The Balaban J connectivity index is 0.594. The van der Waals surface area contributed by atoms with E-state index in [1.165, 1.54) is 24.5 Å². The molecule has 4 amide bonds. The average molecular weight is 1210 g/mol. The summed E-state index contributed by atoms with van der Waals surface area (Å²) < 4.78 is 51.1. The second-order valence-corrected chi connectivity index (χ2v) is 25.1. The summed E-state index contributed by atoms with van der Waals surface area (Å²) >= 11 is 0.896. The zero-order chi connectivity index (χ0) is 59.8. The van der Waals surface area contributed by atoms with Crippen molar-refractivity contribution in [3.63, 3.8) is 0 Å². The lowest BCUT2D eigenvalue weighted by Gasteiger charge is -2.36. The van der Waals surface area contributed by atoms with Crippen molar-refractivity contribution in [1.82, 2.24) is 50.1 Å². The Hall–Kier alpha value is -7.75. The van der Waals surface area contributed by atoms with Crippen LogP contribution in [0.4, 0.5) is 5.13 Å². The third-order valence-corrected chi connectivity index (χ3v) is 18.9. The molecule has 86 heavy (non-hydrogen) atoms. The molecular formula is C63H74N12O9S2. The first-order valence-electron chi connectivity index (χ1n) is 29.8. The highest BCUT2D eigenvalue weighted by Crippen LogP contribution is 2.39. The predicted octanol–water partition coefficient (Wildman–Crippen LogP) is 8.38. The molecule has 0 unspecified atom stereocenters. The van der Waals surface area contributed by atoms with Gasteiger partial charge < -0.3 is 40.0 Å². The summed E-state index contributed by atoms with van der Waals surface area (Å²) in [4.78, 5) is 73.2. The number of likely N-dealkylation sites (tertiary alicyclic amines) is 2. The predicted molar refractivity (Wildman–Crippen MR) is 322 cm³/mol. The van der Waals surface area contributed by atoms with E-state index in [-0.39, 0.29) is 81.6 Å². The molecule has 2 aromatic carbocycles. The Bertz CT molecular complexity index is 3410. The molecule has 4 aliphatic rings. The molecule has 23 heteroatoms. The van der Waals surface area contributed by atoms with Gasteiger partial charge in [0.05, 0.1) is 58.8 Å². The minimum atomic E-state index is -4.05. The zero-order valence-electron chi connectivity index (χ0n) is 48.4. The Morgan fingerprint density at radius 2 is 1.58 bits per heavy atom. The lowest BCUT2D eigenvalue weighted by atomic mass is 9.84. The molecule has 0 bridgehead atoms. The first kappa shape index (κ1) is 61.3. The standard InChI is InChI=1S/C63H74N12O9S2/c1-74-59(77)36-54(60(74)46-9-5-25-65-38-46)61(78)68-28-32-83-51-17-15-50(16-18-51)82-31-6-10-58(76)72-48-13-11-44(12-14-48)62(79)75-29-23-42(24-30-75)21-26-66-39-49-33-45(22-27-67-49)53-35-55(43-7-3-2-4-8-43)69-40-57(53)84-56-20-19-52(34-47(56)37-64)86(80,81)73-63-70-41-71-85-63/h2-5,7-9,19-20,22,25,27,33-35,38,40-42,44,48,50-51,54,60,66H,6,10-18,21,23-24,26,28-32,36,39H2,1H3,(H,68,78)(H,72,76)(H,70,71,73)/t44?,48?,50?,51?,54-,60+/m0/s1. The molecule has 2 atom stereocenters. The van der Waals surface area contributed by atoms with Gasteiger partial charge in [-0.15, -0.1) is 0 Å². The number of nitrogens with zero attached hydrogens (tertiary/aromatic N) is 8. The van der Waals surface area contributed by atoms with E-state index in [0.717, 1.165) is 124 Å². The topological polar surface area (TPSA) is 273 Å². The SMILES string of the molecule is CN1C(=O)C[C@H](C(=O)NCCOC2CCC(OCCCC(=O)NC3CCC(C(=O)N4CCC(CCNCc5cc(-c6cc(-c7ccccc7)ncc6Oc6ccc(S(=O)(=O)Nc7ncns7)cc6C#N)ccn5)CC4)CC3)CC2)[C@H]1c1cccnc1. The van der Waals surface area contributed by atoms with Crippen LogP contribution < -0.4 is 25.4 Å². The van der Waals surface area contributed by atoms with Crippen LogP contribution in [0, 0.1) is 29.1 Å². The summed E-state index contributed by atoms with van der Waals surface area (Å²) in [6.07, 6.45) is 19.0. The van der Waals surface area contributed by atoms with Crippen molar-refractivity contribution >= 4 is 50.3 Å². The highest BCUT2D eigenvalue weighted by Gasteiger charge is 2.43. The Morgan fingerprint density at radius 1 is 0.802 bits per heavy atom. The molecule has 2 aliphatic heterocycles. The molecular weight excluding hydrogens is 1130 g/mol. The van der Waals surface area contributed by atoms with Gasteiger partial charge in [-0.3, -0.25) is 38.9 Å². The number of hydrogen-bond acceptors (Lipinski definition) is 17. The van der Waals surface area contributed by atoms with E-state index in [1.807, 2.05) is 65.6 Å². The Labute approximate surface area is 506 Å². The largest absolute Gasteiger partial charge is 0.454 e. The van der Waals surface area contributed by atoms with Crippen LogP contribution >= 0.6 is 11.5 Å². The van der Waals surface area contributed by atoms with Crippen LogP contribution in [0.2, 0.25) is 0 Å². The summed E-state index contributed by atoms with van der Waals surface area (Å²) in [6, 6.07) is 25.2. The van der Waals surface area contributed by atoms with Gasteiger partial charge in [-0.2, -0.15) is 9.64 Å². The van der Waals surface area contributed by atoms with Gasteiger partial charge >= 0.3 is 0 Å². The van der Waals surface area contributed by atoms with Crippen LogP contribution in [-0.4, -0.2) is 131 Å². The molecule has 452 valence electrons. The van der Waals surface area contributed by atoms with E-state index in [4.69, 9.17) is 19.2 Å². The number of carbonyl (C=O) groups is 4. The molecule has 6 aromatic rings. The van der Waals surface area contributed by atoms with Crippen LogP contribution in [0.3, 0.4) is 0 Å². The molecule has 4 fully saturated rings. The van der Waals surface area contributed by atoms with Gasteiger partial charge in [0.15, 0.2) is 5.75 Å². The highest BCUT2D eigenvalue weighted by molar-refractivity contribution is 7.93. The Kier molecular flexibility index (Phi) is 21.1. The van der Waals surface area contributed by atoms with Gasteiger partial charge in [-0.25, -0.2) is 13.4 Å². The van der Waals surface area contributed by atoms with Gasteiger partial charge in [0.1, 0.15) is 18.1 Å². The summed E-state index contributed by atoms with van der Waals surface area (Å²) in [5.41, 5.74) is 4.84. The van der Waals surface area contributed by atoms with Crippen molar-refractivity contribution in [1.29, 1.82) is 5.26 Å². The second-order valence-electron chi connectivity index (χ2n) is 22.6. The number of aromatic nitrogens is 5. The molecule has 6 heterocycles. The fraction of sp³-hybridized carbons (Fsp3) is 0.460. The molecule has 0 spiro atoms. The smallest absolute Gasteiger partial charge is 0.263 e. The molecule has 21 nitrogen and oxygen atoms in total. The van der Waals surface area contributed by atoms with E-state index < -0.39 is 15.9 Å². The van der Waals surface area contributed by atoms with Gasteiger partial charge in [0, 0.05) is 106 Å². The minimum absolute atomic E-state index is 0.00806. The van der Waals surface area contributed by atoms with Crippen LogP contribution in [0.5, 0.6) is 11.5 Å². The van der Waals surface area contributed by atoms with Crippen LogP contribution in [0.25, 0.3) is 22.4 Å². The summed E-state index contributed by atoms with van der Waals surface area (Å²) in [5, 5.41) is 20.0. The molecule has 10 rings (SSSR count). The number of benzene rings is 2. The first-order valence-corrected chi connectivity index (χ1v) is 32.1. The fourth-order valence-electron chi connectivity index (χ4n) is 12.1. The normalized spacial score (nSPS) is 20.9. The molecule has 4 N–H and O–H groups in total. The Morgan fingerprint density at radius 3 is 2.31 bits per heavy atom. The number of carbonyl (C=O) groups excluding carboxylic acids is 4. The number of amides is 4. The number of pyridine rings is 3. The van der Waals surface area contributed by atoms with Crippen LogP contribution in [0.15, 0.2) is 115 Å². The minimum Gasteiger partial charge on any atom is -0.454 e. The van der Waals surface area contributed by atoms with Crippen LogP contribution in [0.1, 0.15) is 113 Å². The fourth-order valence-corrected chi connectivity index (χ4v) is 13.8. The van der Waals surface area contributed by atoms with Crippen molar-refractivity contribution in [2.75, 3.05) is 51.2 Å². The van der Waals surface area contributed by atoms with Crippen molar-refractivity contribution in [3.05, 3.63) is 127 Å². The van der Waals surface area contributed by atoms with Gasteiger partial charge in [-0.05, 0) is 143 Å². The maximum Gasteiger partial charge on any atom is 0.263 e. The number of ether oxygens (including phenoxy) is 3. The molecule has 0 radical (unpaired) electrons. The van der Waals surface area contributed by atoms with Crippen molar-refractivity contribution in [2.45, 2.75) is 126 Å². The number of piperidine rings is 1. The zero-order valence-corrected chi connectivity index (χ0v) is 50.0. The van der Waals surface area contributed by atoms with E-state index in [1.54, 1.807) is 36.7 Å². The highest BCUT2D eigenvalue weighted by atomic mass is 32.2. The maximum absolute atomic E-state index is 13.7. The van der Waals surface area contributed by atoms with E-state index in [2.05, 4.69) is 46.1 Å². The van der Waals surface area contributed by atoms with Gasteiger partial charge in [0.2, 0.25) is 28.8 Å². The number of hydrogen-bond donors (Lipinski definition) is 4. The third kappa shape index (κ3) is 16.2. The lowest BCUT2D eigenvalue weighted by Crippen LogP contribution is -2.45. The average Bonchev–Trinajstić information content (AvgIpc) is 2.45. The number of nitrogens with one attached hydrogen (secondary N) is 4. The number of anilines is 1. The summed E-state index contributed by atoms with van der Waals surface area (Å²) in [7, 11) is -2.32. The summed E-state index contributed by atoms with van der Waals surface area (Å²) in [5.74, 6) is 0.615. The van der Waals surface area contributed by atoms with Gasteiger partial charge in [-0.1, -0.05) is 36.4 Å². The van der Waals surface area contributed by atoms with Crippen molar-refractivity contribution < 1.29 is 41.8 Å². The van der Waals surface area contributed by atoms with E-state index in [0.29, 0.717) is 62.1 Å². The maximum atomic E-state index is 13.7. The summed E-state index contributed by atoms with van der Waals surface area (Å²) in [6.45, 7) is 4.13. The van der Waals surface area contributed by atoms with E-state index in [9.17, 15) is 32.9 Å². The van der Waals surface area contributed by atoms with Crippen molar-refractivity contribution in [2.24, 2.45) is 17.8 Å². The number of sulfonamides is 1. The van der Waals surface area contributed by atoms with Gasteiger partial charge in [0.25, 0.3) is 10.0 Å².